The van der Waals surface area contributed by atoms with Gasteiger partial charge in [-0.2, -0.15) is 5.26 Å². The molecule has 0 atom stereocenters. The first-order chi connectivity index (χ1) is 20.4. The van der Waals surface area contributed by atoms with Crippen LogP contribution in [-0.4, -0.2) is 50.7 Å². The Balaban J connectivity index is 0.000000141. The van der Waals surface area contributed by atoms with E-state index in [0.29, 0.717) is 43.8 Å². The topological polar surface area (TPSA) is 170 Å². The van der Waals surface area contributed by atoms with Gasteiger partial charge < -0.3 is 20.1 Å². The van der Waals surface area contributed by atoms with Crippen LogP contribution >= 0.6 is 45.3 Å². The summed E-state index contributed by atoms with van der Waals surface area (Å²) in [6.07, 6.45) is 3.36. The van der Waals surface area contributed by atoms with Gasteiger partial charge in [-0.15, -0.1) is 45.3 Å². The molecule has 0 fully saturated rings. The van der Waals surface area contributed by atoms with Crippen molar-refractivity contribution in [3.8, 4) is 22.5 Å². The molecule has 0 radical (unpaired) electrons. The molecule has 0 saturated heterocycles. The van der Waals surface area contributed by atoms with Crippen molar-refractivity contribution in [2.75, 3.05) is 7.11 Å². The average Bonchev–Trinajstić information content (AvgIpc) is 3.84. The number of aromatic nitrogens is 3. The number of thiazole rings is 2. The Bertz CT molecular complexity index is 1830. The van der Waals surface area contributed by atoms with Gasteiger partial charge in [0.25, 0.3) is 5.91 Å². The number of aromatic hydroxyl groups is 1. The molecule has 210 valence electrons. The predicted molar refractivity (Wildman–Crippen MR) is 161 cm³/mol. The number of amides is 2. The summed E-state index contributed by atoms with van der Waals surface area (Å²) in [5.41, 5.74) is 2.93. The molecule has 5 aromatic heterocycles. The van der Waals surface area contributed by atoms with Crippen LogP contribution in [0.25, 0.3) is 16.3 Å². The second kappa shape index (κ2) is 12.8. The van der Waals surface area contributed by atoms with Gasteiger partial charge in [-0.3, -0.25) is 9.59 Å². The minimum atomic E-state index is -0.447. The summed E-state index contributed by atoms with van der Waals surface area (Å²) in [4.78, 5) is 51.3. The first-order valence-electron chi connectivity index (χ1n) is 11.9. The van der Waals surface area contributed by atoms with E-state index in [4.69, 9.17) is 5.26 Å². The number of nitriles is 1. The number of esters is 1. The van der Waals surface area contributed by atoms with Crippen molar-refractivity contribution in [2.24, 2.45) is 4.99 Å². The monoisotopic (exact) mass is 634 g/mol. The number of hydrogen-bond acceptors (Lipinski definition) is 12. The number of aromatic amines is 1. The van der Waals surface area contributed by atoms with E-state index in [0.717, 1.165) is 9.75 Å². The Morgan fingerprint density at radius 2 is 1.71 bits per heavy atom. The summed E-state index contributed by atoms with van der Waals surface area (Å²) >= 11 is 5.71. The lowest BCUT2D eigenvalue weighted by Crippen LogP contribution is -2.13. The van der Waals surface area contributed by atoms with Crippen molar-refractivity contribution < 1.29 is 24.2 Å². The van der Waals surface area contributed by atoms with Crippen molar-refractivity contribution in [1.82, 2.24) is 20.3 Å². The molecule has 0 aromatic carbocycles. The number of carbonyl (C=O) groups excluding carboxylic acids is 3. The second-order valence-corrected chi connectivity index (χ2v) is 11.9. The molecular weight excluding hydrogens is 617 g/mol. The van der Waals surface area contributed by atoms with Crippen LogP contribution in [-0.2, 0) is 14.3 Å². The summed E-state index contributed by atoms with van der Waals surface area (Å²) in [7, 11) is 1.31. The number of nitrogens with one attached hydrogen (secondary N) is 2. The molecule has 11 nitrogen and oxygen atoms in total. The highest BCUT2D eigenvalue weighted by Gasteiger charge is 2.34. The molecule has 2 amide bonds. The van der Waals surface area contributed by atoms with Gasteiger partial charge in [0.1, 0.15) is 16.8 Å². The van der Waals surface area contributed by atoms with Crippen LogP contribution in [0.2, 0.25) is 0 Å². The fourth-order valence-corrected chi connectivity index (χ4v) is 6.50. The van der Waals surface area contributed by atoms with Gasteiger partial charge in [-0.1, -0.05) is 12.1 Å². The van der Waals surface area contributed by atoms with Crippen molar-refractivity contribution in [3.05, 3.63) is 89.8 Å². The molecule has 7 heterocycles. The average molecular weight is 635 g/mol. The number of aliphatic imine (C=N–C) groups is 1. The van der Waals surface area contributed by atoms with Gasteiger partial charge in [0.15, 0.2) is 10.9 Å². The Labute approximate surface area is 254 Å². The first kappa shape index (κ1) is 28.8. The van der Waals surface area contributed by atoms with Crippen LogP contribution in [0, 0.1) is 11.3 Å². The number of carbonyl (C=O) groups is 3. The SMILES string of the molecule is COC(=O)C1=C(c2cccs2)NC(=O)C1.N#Cc1nccs1.O=C1N=C(c2nccs2)c2c(O)[nH]c(-c3cccs3)c21. The number of methoxy groups -OCH3 is 1. The summed E-state index contributed by atoms with van der Waals surface area (Å²) in [5.74, 6) is -0.996. The van der Waals surface area contributed by atoms with Gasteiger partial charge in [-0.25, -0.2) is 19.8 Å². The molecule has 7 rings (SSSR count). The predicted octanol–water partition coefficient (Wildman–Crippen LogP) is 5.06. The molecule has 0 aliphatic carbocycles. The Morgan fingerprint density at radius 1 is 1.00 bits per heavy atom. The fourth-order valence-electron chi connectivity index (χ4n) is 3.96. The maximum absolute atomic E-state index is 12.2. The zero-order valence-electron chi connectivity index (χ0n) is 21.5. The number of nitrogens with zero attached hydrogens (tertiary/aromatic N) is 4. The molecule has 5 aromatic rings. The maximum Gasteiger partial charge on any atom is 0.336 e. The highest BCUT2D eigenvalue weighted by atomic mass is 32.1. The smallest absolute Gasteiger partial charge is 0.336 e. The van der Waals surface area contributed by atoms with Crippen molar-refractivity contribution >= 4 is 74.5 Å². The molecule has 3 N–H and O–H groups in total. The molecule has 42 heavy (non-hydrogen) atoms. The lowest BCUT2D eigenvalue weighted by Gasteiger charge is -2.02. The molecule has 2 aliphatic heterocycles. The number of hydrogen-bond donors (Lipinski definition) is 3. The van der Waals surface area contributed by atoms with Crippen LogP contribution < -0.4 is 5.32 Å². The van der Waals surface area contributed by atoms with E-state index in [2.05, 4.69) is 30.0 Å². The lowest BCUT2D eigenvalue weighted by atomic mass is 10.1. The third kappa shape index (κ3) is 5.97. The molecule has 0 spiro atoms. The first-order valence-corrected chi connectivity index (χ1v) is 15.4. The lowest BCUT2D eigenvalue weighted by molar-refractivity contribution is -0.136. The zero-order chi connectivity index (χ0) is 29.6. The summed E-state index contributed by atoms with van der Waals surface area (Å²) in [6, 6.07) is 9.43. The molecule has 15 heteroatoms. The number of rotatable bonds is 4. The molecule has 0 saturated carbocycles. The van der Waals surface area contributed by atoms with Gasteiger partial charge in [-0.05, 0) is 22.9 Å². The van der Waals surface area contributed by atoms with Gasteiger partial charge in [0.2, 0.25) is 5.91 Å². The Kier molecular flexibility index (Phi) is 8.79. The van der Waals surface area contributed by atoms with E-state index >= 15 is 0 Å². The normalized spacial score (nSPS) is 13.3. The largest absolute Gasteiger partial charge is 0.494 e. The standard InChI is InChI=1S/C13H7N3O2S2.C10H9NO3S.C4H2N2S/c17-11-7-8(10(16-11)13-14-3-5-20-13)12(18)15-9(7)6-2-1-4-19-6;1-14-10(13)6-5-8(12)11-9(6)7-3-2-4-15-7;5-3-4-6-1-2-7-4/h1-5,15,18H;2-4H,5H2,1H3,(H,11,12);1-2H. The Morgan fingerprint density at radius 3 is 2.29 bits per heavy atom. The second-order valence-electron chi connectivity index (χ2n) is 8.18. The maximum atomic E-state index is 12.2. The molecule has 2 aliphatic rings. The highest BCUT2D eigenvalue weighted by molar-refractivity contribution is 7.13. The Hall–Kier alpha value is -4.75. The molecular formula is C27H18N6O5S4. The van der Waals surface area contributed by atoms with E-state index in [1.54, 1.807) is 17.8 Å². The van der Waals surface area contributed by atoms with Gasteiger partial charge in [0.05, 0.1) is 51.4 Å². The number of H-pyrrole nitrogens is 1. The summed E-state index contributed by atoms with van der Waals surface area (Å²) in [6.45, 7) is 0. The van der Waals surface area contributed by atoms with E-state index in [1.165, 1.54) is 52.5 Å². The van der Waals surface area contributed by atoms with Crippen molar-refractivity contribution in [3.63, 3.8) is 0 Å². The third-order valence-electron chi connectivity index (χ3n) is 5.68. The van der Waals surface area contributed by atoms with Crippen molar-refractivity contribution in [1.29, 1.82) is 5.26 Å². The minimum Gasteiger partial charge on any atom is -0.494 e. The molecule has 0 unspecified atom stereocenters. The van der Waals surface area contributed by atoms with E-state index in [-0.39, 0.29) is 24.1 Å². The number of fused-ring (bicyclic) bond motifs is 1. The third-order valence-corrected chi connectivity index (χ3v) is 8.91. The van der Waals surface area contributed by atoms with Crippen LogP contribution in [0.1, 0.15) is 37.2 Å². The van der Waals surface area contributed by atoms with Crippen LogP contribution in [0.4, 0.5) is 0 Å². The fraction of sp³-hybridized carbons (Fsp3) is 0.0741. The molecule has 0 bridgehead atoms. The quantitative estimate of drug-likeness (QED) is 0.230. The van der Waals surface area contributed by atoms with Crippen molar-refractivity contribution in [2.45, 2.75) is 6.42 Å². The summed E-state index contributed by atoms with van der Waals surface area (Å²) in [5, 5.41) is 29.5. The minimum absolute atomic E-state index is 0.0387. The van der Waals surface area contributed by atoms with E-state index < -0.39 is 5.97 Å². The van der Waals surface area contributed by atoms with Crippen LogP contribution in [0.15, 0.2) is 68.7 Å². The highest BCUT2D eigenvalue weighted by Crippen LogP contribution is 2.39. The zero-order valence-corrected chi connectivity index (χ0v) is 24.7. The van der Waals surface area contributed by atoms with Crippen LogP contribution in [0.3, 0.4) is 0 Å². The van der Waals surface area contributed by atoms with E-state index in [1.807, 2.05) is 46.5 Å². The summed E-state index contributed by atoms with van der Waals surface area (Å²) < 4.78 is 4.63. The van der Waals surface area contributed by atoms with Gasteiger partial charge >= 0.3 is 5.97 Å². The van der Waals surface area contributed by atoms with E-state index in [9.17, 15) is 19.5 Å². The van der Waals surface area contributed by atoms with Gasteiger partial charge in [0, 0.05) is 23.2 Å². The van der Waals surface area contributed by atoms with Crippen LogP contribution in [0.5, 0.6) is 5.88 Å². The number of ether oxygens (including phenoxy) is 1. The number of thiophene rings is 2.